The molecular weight excluding hydrogens is 168 g/mol. The van der Waals surface area contributed by atoms with Crippen LogP contribution >= 0.6 is 0 Å². The third-order valence-corrected chi connectivity index (χ3v) is 3.46. The molecule has 0 unspecified atom stereocenters. The zero-order valence-corrected chi connectivity index (χ0v) is 8.91. The highest BCUT2D eigenvalue weighted by Crippen LogP contribution is 2.60. The highest BCUT2D eigenvalue weighted by atomic mass is 16.7. The van der Waals surface area contributed by atoms with E-state index >= 15 is 0 Å². The van der Waals surface area contributed by atoms with Crippen LogP contribution in [0.5, 0.6) is 0 Å². The molecule has 0 aliphatic heterocycles. The van der Waals surface area contributed by atoms with Gasteiger partial charge in [0.2, 0.25) is 0 Å². The van der Waals surface area contributed by atoms with Crippen molar-refractivity contribution in [2.24, 2.45) is 17.3 Å². The number of rotatable bonds is 5. The summed E-state index contributed by atoms with van der Waals surface area (Å²) in [6.45, 7) is 4.64. The average Bonchev–Trinajstić information content (AvgIpc) is 2.63. The second-order valence-corrected chi connectivity index (χ2v) is 4.35. The summed E-state index contributed by atoms with van der Waals surface area (Å²) in [5.41, 5.74) is 0.254. The lowest BCUT2D eigenvalue weighted by atomic mass is 10.1. The first-order valence-electron chi connectivity index (χ1n) is 4.74. The van der Waals surface area contributed by atoms with Gasteiger partial charge in [0.25, 0.3) is 0 Å². The monoisotopic (exact) mass is 188 g/mol. The van der Waals surface area contributed by atoms with E-state index in [1.54, 1.807) is 14.2 Å². The molecule has 0 saturated heterocycles. The molecule has 3 heteroatoms. The van der Waals surface area contributed by atoms with Crippen molar-refractivity contribution in [3.63, 3.8) is 0 Å². The van der Waals surface area contributed by atoms with E-state index in [4.69, 9.17) is 14.6 Å². The van der Waals surface area contributed by atoms with E-state index in [9.17, 15) is 0 Å². The van der Waals surface area contributed by atoms with E-state index in [1.165, 1.54) is 0 Å². The van der Waals surface area contributed by atoms with Gasteiger partial charge in [-0.25, -0.2) is 0 Å². The van der Waals surface area contributed by atoms with Gasteiger partial charge in [0.1, 0.15) is 0 Å². The summed E-state index contributed by atoms with van der Waals surface area (Å²) in [6, 6.07) is 0. The van der Waals surface area contributed by atoms with E-state index in [0.717, 1.165) is 6.42 Å². The van der Waals surface area contributed by atoms with Crippen LogP contribution in [0.25, 0.3) is 0 Å². The van der Waals surface area contributed by atoms with Crippen molar-refractivity contribution < 1.29 is 14.6 Å². The largest absolute Gasteiger partial charge is 0.396 e. The Morgan fingerprint density at radius 3 is 2.08 bits per heavy atom. The first-order chi connectivity index (χ1) is 6.07. The molecule has 0 aromatic carbocycles. The minimum atomic E-state index is -0.124. The topological polar surface area (TPSA) is 38.7 Å². The van der Waals surface area contributed by atoms with E-state index < -0.39 is 0 Å². The van der Waals surface area contributed by atoms with Gasteiger partial charge >= 0.3 is 0 Å². The van der Waals surface area contributed by atoms with Crippen molar-refractivity contribution in [2.45, 2.75) is 26.6 Å². The quantitative estimate of drug-likeness (QED) is 0.660. The third-order valence-electron chi connectivity index (χ3n) is 3.46. The number of hydrogen-bond donors (Lipinski definition) is 1. The lowest BCUT2D eigenvalue weighted by molar-refractivity contribution is -0.111. The summed E-state index contributed by atoms with van der Waals surface area (Å²) in [5, 5.41) is 9.09. The molecule has 78 valence electrons. The Morgan fingerprint density at radius 2 is 1.77 bits per heavy atom. The van der Waals surface area contributed by atoms with Gasteiger partial charge in [-0.15, -0.1) is 0 Å². The molecule has 0 aromatic heterocycles. The maximum atomic E-state index is 9.09. The molecule has 0 radical (unpaired) electrons. The van der Waals surface area contributed by atoms with E-state index in [2.05, 4.69) is 13.8 Å². The minimum absolute atomic E-state index is 0.124. The van der Waals surface area contributed by atoms with Crippen molar-refractivity contribution in [2.75, 3.05) is 20.8 Å². The Hall–Kier alpha value is -0.120. The molecule has 2 atom stereocenters. The van der Waals surface area contributed by atoms with Gasteiger partial charge in [-0.2, -0.15) is 0 Å². The van der Waals surface area contributed by atoms with Crippen LogP contribution in [-0.2, 0) is 9.47 Å². The highest BCUT2D eigenvalue weighted by molar-refractivity contribution is 5.04. The normalized spacial score (nSPS) is 30.9. The molecule has 1 saturated carbocycles. The number of methoxy groups -OCH3 is 2. The van der Waals surface area contributed by atoms with Crippen molar-refractivity contribution in [1.82, 2.24) is 0 Å². The van der Waals surface area contributed by atoms with Crippen LogP contribution in [0.4, 0.5) is 0 Å². The molecule has 3 nitrogen and oxygen atoms in total. The number of ether oxygens (including phenoxy) is 2. The summed E-state index contributed by atoms with van der Waals surface area (Å²) < 4.78 is 10.3. The maximum absolute atomic E-state index is 9.09. The summed E-state index contributed by atoms with van der Waals surface area (Å²) >= 11 is 0. The fourth-order valence-corrected chi connectivity index (χ4v) is 2.18. The average molecular weight is 188 g/mol. The first-order valence-corrected chi connectivity index (χ1v) is 4.74. The molecular formula is C10H20O3. The molecule has 0 aromatic rings. The Bertz CT molecular complexity index is 164. The van der Waals surface area contributed by atoms with Gasteiger partial charge in [0.05, 0.1) is 0 Å². The Kier molecular flexibility index (Phi) is 3.33. The smallest absolute Gasteiger partial charge is 0.157 e. The molecule has 1 rings (SSSR count). The fourth-order valence-electron chi connectivity index (χ4n) is 2.18. The number of aliphatic hydroxyl groups excluding tert-OH is 1. The van der Waals surface area contributed by atoms with Crippen molar-refractivity contribution in [1.29, 1.82) is 0 Å². The Balaban J connectivity index is 2.39. The van der Waals surface area contributed by atoms with E-state index in [-0.39, 0.29) is 18.3 Å². The molecule has 0 heterocycles. The van der Waals surface area contributed by atoms with Gasteiger partial charge in [-0.3, -0.25) is 0 Å². The van der Waals surface area contributed by atoms with Crippen molar-refractivity contribution in [3.8, 4) is 0 Å². The van der Waals surface area contributed by atoms with Crippen LogP contribution < -0.4 is 0 Å². The van der Waals surface area contributed by atoms with Crippen molar-refractivity contribution in [3.05, 3.63) is 0 Å². The first kappa shape index (κ1) is 11.0. The Labute approximate surface area is 80.0 Å². The Morgan fingerprint density at radius 1 is 1.23 bits per heavy atom. The van der Waals surface area contributed by atoms with Gasteiger partial charge in [-0.1, -0.05) is 13.8 Å². The zero-order valence-electron chi connectivity index (χ0n) is 8.91. The summed E-state index contributed by atoms with van der Waals surface area (Å²) in [5.74, 6) is 0.947. The SMILES string of the molecule is COC(C[C@H]1[C@H](CO)C1(C)C)OC. The maximum Gasteiger partial charge on any atom is 0.157 e. The van der Waals surface area contributed by atoms with Gasteiger partial charge in [0, 0.05) is 27.2 Å². The van der Waals surface area contributed by atoms with Gasteiger partial charge < -0.3 is 14.6 Å². The summed E-state index contributed by atoms with van der Waals surface area (Å²) in [4.78, 5) is 0. The standard InChI is InChI=1S/C10H20O3/c1-10(2)7(8(10)6-11)5-9(12-3)13-4/h7-9,11H,5-6H2,1-4H3/t7-,8-/m0/s1. The van der Waals surface area contributed by atoms with Crippen molar-refractivity contribution >= 4 is 0 Å². The molecule has 1 aliphatic carbocycles. The zero-order chi connectivity index (χ0) is 10.1. The predicted octanol–water partition coefficient (Wildman–Crippen LogP) is 1.26. The second kappa shape index (κ2) is 3.95. The fraction of sp³-hybridized carbons (Fsp3) is 1.00. The molecule has 0 bridgehead atoms. The van der Waals surface area contributed by atoms with Crippen LogP contribution in [0.2, 0.25) is 0 Å². The predicted molar refractivity (Wildman–Crippen MR) is 50.3 cm³/mol. The van der Waals surface area contributed by atoms with Crippen LogP contribution in [0.1, 0.15) is 20.3 Å². The third kappa shape index (κ3) is 2.03. The van der Waals surface area contributed by atoms with Crippen LogP contribution in [-0.4, -0.2) is 32.2 Å². The number of hydrogen-bond acceptors (Lipinski definition) is 3. The van der Waals surface area contributed by atoms with Crippen LogP contribution in [0, 0.1) is 17.3 Å². The van der Waals surface area contributed by atoms with E-state index in [1.807, 2.05) is 0 Å². The molecule has 0 spiro atoms. The van der Waals surface area contributed by atoms with Gasteiger partial charge in [0.15, 0.2) is 6.29 Å². The molecule has 13 heavy (non-hydrogen) atoms. The molecule has 1 N–H and O–H groups in total. The van der Waals surface area contributed by atoms with Crippen LogP contribution in [0.15, 0.2) is 0 Å². The molecule has 1 fully saturated rings. The summed E-state index contributed by atoms with van der Waals surface area (Å²) in [7, 11) is 3.30. The highest BCUT2D eigenvalue weighted by Gasteiger charge is 2.57. The van der Waals surface area contributed by atoms with Crippen LogP contribution in [0.3, 0.4) is 0 Å². The number of aliphatic hydroxyl groups is 1. The second-order valence-electron chi connectivity index (χ2n) is 4.35. The molecule has 1 aliphatic rings. The van der Waals surface area contributed by atoms with E-state index in [0.29, 0.717) is 11.8 Å². The summed E-state index contributed by atoms with van der Waals surface area (Å²) in [6.07, 6.45) is 0.756. The molecule has 0 amide bonds. The van der Waals surface area contributed by atoms with Gasteiger partial charge in [-0.05, 0) is 17.3 Å². The lowest BCUT2D eigenvalue weighted by Gasteiger charge is -2.13. The lowest BCUT2D eigenvalue weighted by Crippen LogP contribution is -2.14. The minimum Gasteiger partial charge on any atom is -0.396 e.